The highest BCUT2D eigenvalue weighted by molar-refractivity contribution is 8.00. The summed E-state index contributed by atoms with van der Waals surface area (Å²) in [5.74, 6) is -0.552. The fraction of sp³-hybridized carbons (Fsp3) is 0.429. The molecule has 1 atom stereocenters. The quantitative estimate of drug-likeness (QED) is 0.624. The zero-order valence-electron chi connectivity index (χ0n) is 11.8. The predicted octanol–water partition coefficient (Wildman–Crippen LogP) is 2.23. The number of hydrogen-bond donors (Lipinski definition) is 2. The monoisotopic (exact) mass is 298 g/mol. The van der Waals surface area contributed by atoms with Gasteiger partial charge >= 0.3 is 0 Å². The van der Waals surface area contributed by atoms with Gasteiger partial charge in [0, 0.05) is 10.6 Å². The number of thioether (sulfide) groups is 1. The van der Waals surface area contributed by atoms with Gasteiger partial charge in [-0.15, -0.1) is 11.8 Å². The molecule has 4 nitrogen and oxygen atoms in total. The first-order valence-electron chi connectivity index (χ1n) is 6.29. The van der Waals surface area contributed by atoms with Crippen LogP contribution in [0.3, 0.4) is 0 Å². The highest BCUT2D eigenvalue weighted by Gasteiger charge is 2.20. The summed E-state index contributed by atoms with van der Waals surface area (Å²) in [6.07, 6.45) is 0. The number of nitrogen functional groups attached to an aromatic ring is 1. The van der Waals surface area contributed by atoms with Crippen LogP contribution in [0.25, 0.3) is 0 Å². The molecule has 0 saturated heterocycles. The number of halogens is 1. The van der Waals surface area contributed by atoms with E-state index in [4.69, 9.17) is 5.73 Å². The van der Waals surface area contributed by atoms with Crippen molar-refractivity contribution in [1.29, 1.82) is 0 Å². The molecule has 110 valence electrons. The number of carbonyl (C=O) groups excluding carboxylic acids is 2. The molecule has 0 aliphatic rings. The first-order valence-corrected chi connectivity index (χ1v) is 7.27. The molecule has 6 heteroatoms. The van der Waals surface area contributed by atoms with Crippen LogP contribution in [0.15, 0.2) is 23.1 Å². The maximum absolute atomic E-state index is 12.9. The number of hydrogen-bond acceptors (Lipinski definition) is 4. The highest BCUT2D eigenvalue weighted by Crippen LogP contribution is 2.25. The van der Waals surface area contributed by atoms with Gasteiger partial charge in [0.05, 0.1) is 11.8 Å². The Hall–Kier alpha value is -1.56. The van der Waals surface area contributed by atoms with Gasteiger partial charge < -0.3 is 11.1 Å². The van der Waals surface area contributed by atoms with Gasteiger partial charge in [0.15, 0.2) is 5.78 Å². The lowest BCUT2D eigenvalue weighted by molar-refractivity contribution is -0.126. The number of anilines is 1. The Morgan fingerprint density at radius 2 is 2.05 bits per heavy atom. The lowest BCUT2D eigenvalue weighted by atomic mass is 10.0. The van der Waals surface area contributed by atoms with Crippen LogP contribution in [0, 0.1) is 11.7 Å². The molecule has 0 aliphatic carbocycles. The number of nitrogens with two attached hydrogens (primary N) is 1. The summed E-state index contributed by atoms with van der Waals surface area (Å²) in [4.78, 5) is 23.9. The van der Waals surface area contributed by atoms with Crippen LogP contribution in [0.4, 0.5) is 10.1 Å². The molecule has 1 unspecified atom stereocenters. The SMILES string of the molecule is CC(=O)C(NC(=O)CSc1ccc(F)cc1N)C(C)C. The van der Waals surface area contributed by atoms with Gasteiger partial charge in [-0.05, 0) is 31.0 Å². The normalized spacial score (nSPS) is 12.2. The van der Waals surface area contributed by atoms with Crippen LogP contribution in [0.5, 0.6) is 0 Å². The summed E-state index contributed by atoms with van der Waals surface area (Å²) in [5.41, 5.74) is 5.96. The molecule has 0 radical (unpaired) electrons. The summed E-state index contributed by atoms with van der Waals surface area (Å²) in [6.45, 7) is 5.20. The van der Waals surface area contributed by atoms with Gasteiger partial charge in [-0.25, -0.2) is 4.39 Å². The van der Waals surface area contributed by atoms with E-state index in [-0.39, 0.29) is 23.4 Å². The molecule has 1 amide bonds. The topological polar surface area (TPSA) is 72.2 Å². The van der Waals surface area contributed by atoms with Gasteiger partial charge in [-0.2, -0.15) is 0 Å². The molecule has 0 bridgehead atoms. The molecule has 0 saturated carbocycles. The summed E-state index contributed by atoms with van der Waals surface area (Å²) < 4.78 is 12.9. The summed E-state index contributed by atoms with van der Waals surface area (Å²) >= 11 is 1.21. The molecule has 20 heavy (non-hydrogen) atoms. The fourth-order valence-corrected chi connectivity index (χ4v) is 2.51. The second-order valence-electron chi connectivity index (χ2n) is 4.87. The zero-order valence-corrected chi connectivity index (χ0v) is 12.6. The number of ketones is 1. The molecule has 0 aromatic heterocycles. The average Bonchev–Trinajstić information content (AvgIpc) is 2.34. The second kappa shape index (κ2) is 7.28. The predicted molar refractivity (Wildman–Crippen MR) is 79.0 cm³/mol. The minimum atomic E-state index is -0.478. The van der Waals surface area contributed by atoms with Crippen molar-refractivity contribution in [3.05, 3.63) is 24.0 Å². The summed E-state index contributed by atoms with van der Waals surface area (Å²) in [6, 6.07) is 3.57. The molecule has 3 N–H and O–H groups in total. The van der Waals surface area contributed by atoms with Crippen LogP contribution in [0.2, 0.25) is 0 Å². The van der Waals surface area contributed by atoms with Gasteiger partial charge in [0.1, 0.15) is 5.82 Å². The average molecular weight is 298 g/mol. The number of carbonyl (C=O) groups is 2. The van der Waals surface area contributed by atoms with Gasteiger partial charge in [-0.1, -0.05) is 13.8 Å². The smallest absolute Gasteiger partial charge is 0.230 e. The Balaban J connectivity index is 2.57. The van der Waals surface area contributed by atoms with Crippen LogP contribution in [-0.2, 0) is 9.59 Å². The van der Waals surface area contributed by atoms with Crippen molar-refractivity contribution in [3.8, 4) is 0 Å². The molecule has 0 heterocycles. The van der Waals surface area contributed by atoms with Crippen molar-refractivity contribution < 1.29 is 14.0 Å². The summed E-state index contributed by atoms with van der Waals surface area (Å²) in [5, 5.41) is 2.69. The third-order valence-electron chi connectivity index (χ3n) is 2.75. The lowest BCUT2D eigenvalue weighted by Crippen LogP contribution is -2.44. The molecular formula is C14H19FN2O2S. The van der Waals surface area contributed by atoms with Crippen molar-refractivity contribution in [2.75, 3.05) is 11.5 Å². The van der Waals surface area contributed by atoms with Gasteiger partial charge in [0.25, 0.3) is 0 Å². The largest absolute Gasteiger partial charge is 0.398 e. The van der Waals surface area contributed by atoms with E-state index in [2.05, 4.69) is 5.32 Å². The van der Waals surface area contributed by atoms with Crippen LogP contribution < -0.4 is 11.1 Å². The Morgan fingerprint density at radius 1 is 1.40 bits per heavy atom. The molecule has 1 aromatic carbocycles. The number of benzene rings is 1. The Morgan fingerprint density at radius 3 is 2.55 bits per heavy atom. The van der Waals surface area contributed by atoms with Crippen LogP contribution in [-0.4, -0.2) is 23.5 Å². The fourth-order valence-electron chi connectivity index (χ4n) is 1.75. The minimum absolute atomic E-state index is 0.0392. The van der Waals surface area contributed by atoms with Crippen molar-refractivity contribution in [3.63, 3.8) is 0 Å². The molecule has 1 aromatic rings. The maximum Gasteiger partial charge on any atom is 0.230 e. The number of Topliss-reactive ketones (excluding diaryl/α,β-unsaturated/α-hetero) is 1. The number of amides is 1. The Labute approximate surface area is 122 Å². The van der Waals surface area contributed by atoms with Crippen molar-refractivity contribution in [2.24, 2.45) is 5.92 Å². The van der Waals surface area contributed by atoms with E-state index in [0.717, 1.165) is 0 Å². The zero-order chi connectivity index (χ0) is 15.3. The maximum atomic E-state index is 12.9. The standard InChI is InChI=1S/C14H19FN2O2S/c1-8(2)14(9(3)18)17-13(19)7-20-12-5-4-10(15)6-11(12)16/h4-6,8,14H,7,16H2,1-3H3,(H,17,19). The molecule has 0 spiro atoms. The van der Waals surface area contributed by atoms with Crippen LogP contribution in [0.1, 0.15) is 20.8 Å². The third kappa shape index (κ3) is 4.85. The first-order chi connectivity index (χ1) is 9.31. The molecule has 0 aliphatic heterocycles. The Kier molecular flexibility index (Phi) is 6.01. The highest BCUT2D eigenvalue weighted by atomic mass is 32.2. The van der Waals surface area contributed by atoms with Crippen molar-refractivity contribution in [1.82, 2.24) is 5.32 Å². The second-order valence-corrected chi connectivity index (χ2v) is 5.89. The van der Waals surface area contributed by atoms with Gasteiger partial charge in [-0.3, -0.25) is 9.59 Å². The third-order valence-corrected chi connectivity index (χ3v) is 3.84. The van der Waals surface area contributed by atoms with E-state index in [0.29, 0.717) is 10.6 Å². The van der Waals surface area contributed by atoms with E-state index in [1.807, 2.05) is 13.8 Å². The van der Waals surface area contributed by atoms with E-state index in [9.17, 15) is 14.0 Å². The van der Waals surface area contributed by atoms with E-state index < -0.39 is 11.9 Å². The van der Waals surface area contributed by atoms with Crippen molar-refractivity contribution in [2.45, 2.75) is 31.7 Å². The molecule has 1 rings (SSSR count). The molecular weight excluding hydrogens is 279 g/mol. The van der Waals surface area contributed by atoms with Gasteiger partial charge in [0.2, 0.25) is 5.91 Å². The first kappa shape index (κ1) is 16.5. The number of nitrogens with one attached hydrogen (secondary N) is 1. The minimum Gasteiger partial charge on any atom is -0.398 e. The molecule has 0 fully saturated rings. The summed E-state index contributed by atoms with van der Waals surface area (Å²) in [7, 11) is 0. The lowest BCUT2D eigenvalue weighted by Gasteiger charge is -2.19. The van der Waals surface area contributed by atoms with E-state index in [1.54, 1.807) is 0 Å². The van der Waals surface area contributed by atoms with Crippen LogP contribution >= 0.6 is 11.8 Å². The number of rotatable bonds is 6. The Bertz CT molecular complexity index is 506. The van der Waals surface area contributed by atoms with E-state index in [1.165, 1.54) is 36.9 Å². The van der Waals surface area contributed by atoms with Crippen molar-refractivity contribution >= 4 is 29.1 Å². The van der Waals surface area contributed by atoms with E-state index >= 15 is 0 Å².